The number of aromatic hydroxyl groups is 2. The first-order valence-corrected chi connectivity index (χ1v) is 55.7. The molecule has 12 N–H and O–H groups in total. The molecule has 55 heteroatoms. The number of aromatic nitrogens is 2. The van der Waals surface area contributed by atoms with E-state index in [1.807, 2.05) is 0 Å². The fraction of sp³-hybridized carbons (Fsp3) is 0.578. The third-order valence-corrected chi connectivity index (χ3v) is 30.3. The molecule has 12 atom stereocenters. The van der Waals surface area contributed by atoms with Crippen LogP contribution < -0.4 is 47.9 Å². The van der Waals surface area contributed by atoms with Crippen molar-refractivity contribution >= 4 is 231 Å². The van der Waals surface area contributed by atoms with Crippen LogP contribution in [0.5, 0.6) is 11.5 Å². The van der Waals surface area contributed by atoms with E-state index in [2.05, 4.69) is 57.8 Å². The Morgan fingerprint density at radius 1 is 0.490 bits per heavy atom. The number of carbonyl (C=O) groups excluding carboxylic acids is 19. The quantitative estimate of drug-likeness (QED) is 0.0391. The van der Waals surface area contributed by atoms with Gasteiger partial charge in [-0.1, -0.05) is 79.6 Å². The number of aliphatic carboxylic acids is 1. The van der Waals surface area contributed by atoms with Gasteiger partial charge in [0, 0.05) is 160 Å². The standard InChI is InChI=1S/C50H62N12O12S4.C40H70N10O13S4/c1-57-21-31(55-45(69)41-37(63)17-27-13-9-11-15-29(27)53-41)43(67)51-19-39(65)60(4)36-26-78-77-25-35(49(73)61(5)33(23-75-7)47(57)71)59(3)40(66)20-52-44(68)32(22-58(2)48(72)34(24-76-8)62(6)50(36)74)56-46(70)42-38(64)18-28-14-10-12-16-30(28)54-42;1-39(2,3)62-37(60)44-23-17-46(8)34(57)26(20-64-13)49(11)33(56)25(41-7)19-66-67-22-28(48(10)29(51)15-42-31(23)54)36(59)50(12)27(21-65-14)35(58)47(9)18-24(32(55)43-16-30(52)53)45-38(61)63-40(4,5)6/h9-18,31-36,63-64H,19-26H2,1-8H3,(H,51,67)(H,52,68)(H,55,69)(H,56,70);23-28,41H,15-22H2,1-14H3,(H,42,54)(H,43,55)(H,44,60)(H,45,61)(H,52,53)/t31-,32-,33+,34+,35+,36+;23-,24-,25+,26+,27+,28+/m11/s1. The summed E-state index contributed by atoms with van der Waals surface area (Å²) < 4.78 is 10.6. The second kappa shape index (κ2) is 57.1. The van der Waals surface area contributed by atoms with Gasteiger partial charge < -0.3 is 127 Å². The molecule has 3 aliphatic rings. The molecule has 0 spiro atoms. The number of likely N-dealkylation sites (N-methyl/N-ethyl adjacent to an activating group) is 12. The molecule has 0 radical (unpaired) electrons. The van der Waals surface area contributed by atoms with Crippen LogP contribution in [-0.4, -0.2) is 489 Å². The first-order chi connectivity index (χ1) is 68.1. The average molecular weight is 2180 g/mol. The zero-order chi connectivity index (χ0) is 109. The summed E-state index contributed by atoms with van der Waals surface area (Å²) in [6.45, 7) is 4.92. The monoisotopic (exact) mass is 2180 g/mol. The number of benzene rings is 2. The van der Waals surface area contributed by atoms with Gasteiger partial charge in [0.2, 0.25) is 88.6 Å². The SMILES string of the molecule is CN[C@H]1CSSC[C@@H](C(=O)N(C)[C@@H](CSC)C(=O)N(C)C[C@@H](NC(=O)OC(C)(C)C)C(=O)NCC(=O)O)N(C)C(=O)CNC(=O)[C@H](NC(=O)OC(C)(C)C)CN(C)C(=O)[C@H](CSC)N(C)C1=O.CSC[C@H]1C(=O)N(C)C[C@@H](NC(=O)c2nc3ccccc3cc2O)C(=O)NCC(=O)N(C)[C@H]2CSSC[C@@H](C(=O)N1C)N(C)C(=O)CNC(=O)[C@H](NC(=O)c1nc3ccccc3cc1O)CN(C)C(=O)[C@H](CSC)N(C)C2=O. The lowest BCUT2D eigenvalue weighted by Crippen LogP contribution is -2.61. The number of rotatable bonds is 23. The van der Waals surface area contributed by atoms with Gasteiger partial charge in [-0.2, -0.15) is 47.0 Å². The predicted molar refractivity (Wildman–Crippen MR) is 558 cm³/mol. The molecule has 800 valence electrons. The molecule has 0 aliphatic carbocycles. The lowest BCUT2D eigenvalue weighted by atomic mass is 10.1. The lowest BCUT2D eigenvalue weighted by molar-refractivity contribution is -0.149. The molecular formula is C90H132N22O25S8. The number of carboxylic acids is 1. The number of amides is 19. The van der Waals surface area contributed by atoms with E-state index in [1.165, 1.54) is 178 Å². The van der Waals surface area contributed by atoms with E-state index in [1.54, 1.807) is 122 Å². The first kappa shape index (κ1) is 122. The van der Waals surface area contributed by atoms with Gasteiger partial charge in [0.15, 0.2) is 11.4 Å². The maximum atomic E-state index is 14.9. The number of hydrogen-bond donors (Lipinski definition) is 12. The lowest BCUT2D eigenvalue weighted by Gasteiger charge is -2.37. The van der Waals surface area contributed by atoms with Gasteiger partial charge in [-0.25, -0.2) is 19.6 Å². The Morgan fingerprint density at radius 2 is 0.862 bits per heavy atom. The van der Waals surface area contributed by atoms with Crippen molar-refractivity contribution in [2.45, 2.75) is 125 Å². The van der Waals surface area contributed by atoms with Crippen molar-refractivity contribution in [2.75, 3.05) is 208 Å². The second-order valence-electron chi connectivity index (χ2n) is 35.9. The summed E-state index contributed by atoms with van der Waals surface area (Å²) in [5, 5.41) is 54.5. The van der Waals surface area contributed by atoms with Crippen LogP contribution in [0.25, 0.3) is 21.8 Å². The van der Waals surface area contributed by atoms with Crippen molar-refractivity contribution in [2.24, 2.45) is 0 Å². The summed E-state index contributed by atoms with van der Waals surface area (Å²) in [6, 6.07) is 0.605. The van der Waals surface area contributed by atoms with E-state index in [-0.39, 0.29) is 52.6 Å². The van der Waals surface area contributed by atoms with Gasteiger partial charge in [0.25, 0.3) is 11.8 Å². The molecule has 0 unspecified atom stereocenters. The number of thioether (sulfide) groups is 4. The third kappa shape index (κ3) is 35.5. The second-order valence-corrected chi connectivity index (χ2v) is 44.7. The molecule has 145 heavy (non-hydrogen) atoms. The number of carbonyl (C=O) groups is 20. The number of para-hydroxylation sites is 2. The van der Waals surface area contributed by atoms with E-state index in [0.29, 0.717) is 21.8 Å². The molecule has 47 nitrogen and oxygen atoms in total. The molecule has 2 bridgehead atoms. The van der Waals surface area contributed by atoms with Crippen molar-refractivity contribution in [1.82, 2.24) is 112 Å². The number of nitrogens with one attached hydrogen (secondary N) is 9. The maximum Gasteiger partial charge on any atom is 0.408 e. The molecule has 3 saturated heterocycles. The van der Waals surface area contributed by atoms with Gasteiger partial charge in [-0.15, -0.1) is 0 Å². The first-order valence-electron chi connectivity index (χ1n) is 45.1. The summed E-state index contributed by atoms with van der Waals surface area (Å²) in [5.41, 5.74) is -2.05. The van der Waals surface area contributed by atoms with E-state index in [4.69, 9.17) is 14.6 Å². The van der Waals surface area contributed by atoms with E-state index < -0.39 is 271 Å². The van der Waals surface area contributed by atoms with Gasteiger partial charge in [0.05, 0.1) is 36.7 Å². The number of carboxylic acid groups (broad SMARTS) is 1. The molecule has 2 aromatic heterocycles. The van der Waals surface area contributed by atoms with Crippen LogP contribution in [0.3, 0.4) is 0 Å². The molecule has 3 aliphatic heterocycles. The van der Waals surface area contributed by atoms with E-state index in [0.717, 1.165) is 55.9 Å². The summed E-state index contributed by atoms with van der Waals surface area (Å²) in [6.07, 6.45) is 4.91. The largest absolute Gasteiger partial charge is 0.505 e. The van der Waals surface area contributed by atoms with Crippen LogP contribution >= 0.6 is 90.2 Å². The zero-order valence-corrected chi connectivity index (χ0v) is 91.5. The summed E-state index contributed by atoms with van der Waals surface area (Å²) in [7, 11) is 21.2. The van der Waals surface area contributed by atoms with Crippen LogP contribution in [0, 0.1) is 0 Å². The van der Waals surface area contributed by atoms with E-state index in [9.17, 15) is 106 Å². The number of alkyl carbamates (subject to hydrolysis) is 2. The van der Waals surface area contributed by atoms with Gasteiger partial charge in [-0.3, -0.25) is 86.3 Å². The van der Waals surface area contributed by atoms with E-state index >= 15 is 0 Å². The highest BCUT2D eigenvalue weighted by Crippen LogP contribution is 2.32. The van der Waals surface area contributed by atoms with Crippen molar-refractivity contribution < 1.29 is 121 Å². The Morgan fingerprint density at radius 3 is 1.25 bits per heavy atom. The van der Waals surface area contributed by atoms with Crippen LogP contribution in [0.4, 0.5) is 9.59 Å². The number of pyridine rings is 2. The molecule has 3 fully saturated rings. The number of fused-ring (bicyclic) bond motifs is 7. The fourth-order valence-corrected chi connectivity index (χ4v) is 22.3. The molecular weight excluding hydrogens is 2050 g/mol. The highest BCUT2D eigenvalue weighted by molar-refractivity contribution is 8.77. The molecule has 4 aromatic rings. The number of ether oxygens (including phenoxy) is 2. The highest BCUT2D eigenvalue weighted by atomic mass is 33.1. The normalized spacial score (nSPS) is 21.7. The molecule has 5 heterocycles. The fourth-order valence-electron chi connectivity index (χ4n) is 14.6. The van der Waals surface area contributed by atoms with Crippen molar-refractivity contribution in [3.8, 4) is 11.5 Å². The van der Waals surface area contributed by atoms with Crippen LogP contribution in [0.2, 0.25) is 0 Å². The predicted octanol–water partition coefficient (Wildman–Crippen LogP) is -1.12. The Kier molecular flexibility index (Phi) is 48.1. The summed E-state index contributed by atoms with van der Waals surface area (Å²) in [4.78, 5) is 299. The minimum atomic E-state index is -1.60. The Hall–Kier alpha value is -11.4. The van der Waals surface area contributed by atoms with Gasteiger partial charge in [0.1, 0.15) is 95.7 Å². The van der Waals surface area contributed by atoms with Crippen LogP contribution in [-0.2, 0) is 86.2 Å². The third-order valence-electron chi connectivity index (χ3n) is 22.9. The molecule has 19 amide bonds. The minimum absolute atomic E-state index is 0.0259. The zero-order valence-electron chi connectivity index (χ0n) is 84.9. The number of hydrogen-bond acceptors (Lipinski definition) is 35. The molecule has 0 saturated carbocycles. The van der Waals surface area contributed by atoms with Crippen molar-refractivity contribution in [3.05, 3.63) is 72.1 Å². The minimum Gasteiger partial charge on any atom is -0.505 e. The van der Waals surface area contributed by atoms with Gasteiger partial charge in [-0.05, 0) is 97.9 Å². The summed E-state index contributed by atoms with van der Waals surface area (Å²) >= 11 is 5.00. The van der Waals surface area contributed by atoms with Crippen molar-refractivity contribution in [3.63, 3.8) is 0 Å². The highest BCUT2D eigenvalue weighted by Gasteiger charge is 2.45. The molecule has 7 rings (SSSR count). The number of nitrogens with zero attached hydrogens (tertiary/aromatic N) is 13. The smallest absolute Gasteiger partial charge is 0.408 e. The van der Waals surface area contributed by atoms with Crippen molar-refractivity contribution in [1.29, 1.82) is 0 Å². The Bertz CT molecular complexity index is 5170. The average Bonchev–Trinajstić information content (AvgIpc) is 0.811. The Balaban J connectivity index is 0.000000450. The van der Waals surface area contributed by atoms with Crippen LogP contribution in [0.1, 0.15) is 62.5 Å². The Labute approximate surface area is 873 Å². The molecule has 2 aromatic carbocycles. The maximum absolute atomic E-state index is 14.9. The van der Waals surface area contributed by atoms with Gasteiger partial charge >= 0.3 is 18.2 Å². The topological polar surface area (TPSA) is 590 Å². The van der Waals surface area contributed by atoms with Crippen LogP contribution in [0.15, 0.2) is 60.7 Å². The summed E-state index contributed by atoms with van der Waals surface area (Å²) in [5.74, 6) is -15.2.